The molecule has 0 heterocycles. The predicted molar refractivity (Wildman–Crippen MR) is 63.0 cm³/mol. The number of hydrogen-bond acceptors (Lipinski definition) is 2. The number of benzene rings is 1. The van der Waals surface area contributed by atoms with E-state index in [1.165, 1.54) is 0 Å². The predicted octanol–water partition coefficient (Wildman–Crippen LogP) is 2.60. The van der Waals surface area contributed by atoms with Crippen LogP contribution in [0.25, 0.3) is 0 Å². The van der Waals surface area contributed by atoms with Crippen LogP contribution in [0.3, 0.4) is 0 Å². The van der Waals surface area contributed by atoms with Crippen molar-refractivity contribution in [3.05, 3.63) is 28.8 Å². The lowest BCUT2D eigenvalue weighted by atomic mass is 9.95. The van der Waals surface area contributed by atoms with Gasteiger partial charge in [-0.2, -0.15) is 0 Å². The van der Waals surface area contributed by atoms with E-state index >= 15 is 0 Å². The molecule has 0 aromatic heterocycles. The minimum absolute atomic E-state index is 0.324. The minimum atomic E-state index is -0.324. The normalized spacial score (nSPS) is 11.6. The number of nitrogens with zero attached hydrogens (tertiary/aromatic N) is 1. The Morgan fingerprint density at radius 3 is 2.29 bits per heavy atom. The topological polar surface area (TPSA) is 29.3 Å². The van der Waals surface area contributed by atoms with Crippen LogP contribution in [0.2, 0.25) is 5.02 Å². The summed E-state index contributed by atoms with van der Waals surface area (Å²) >= 11 is 6.06. The van der Waals surface area contributed by atoms with Crippen molar-refractivity contribution < 1.29 is 0 Å². The third-order valence-corrected chi connectivity index (χ3v) is 2.49. The highest BCUT2D eigenvalue weighted by Crippen LogP contribution is 2.28. The molecule has 1 aromatic rings. The van der Waals surface area contributed by atoms with Gasteiger partial charge in [0.2, 0.25) is 0 Å². The summed E-state index contributed by atoms with van der Waals surface area (Å²) in [7, 11) is 3.93. The summed E-state index contributed by atoms with van der Waals surface area (Å²) in [5.41, 5.74) is 7.78. The molecule has 0 aliphatic rings. The summed E-state index contributed by atoms with van der Waals surface area (Å²) in [6.45, 7) is 3.96. The van der Waals surface area contributed by atoms with Crippen molar-refractivity contribution >= 4 is 17.3 Å². The number of rotatable bonds is 2. The summed E-state index contributed by atoms with van der Waals surface area (Å²) in [5.74, 6) is 0. The molecule has 0 saturated carbocycles. The molecule has 2 N–H and O–H groups in total. The van der Waals surface area contributed by atoms with Crippen molar-refractivity contribution in [2.75, 3.05) is 19.0 Å². The molecule has 0 radical (unpaired) electrons. The van der Waals surface area contributed by atoms with E-state index in [1.54, 1.807) is 0 Å². The summed E-state index contributed by atoms with van der Waals surface area (Å²) < 4.78 is 0. The van der Waals surface area contributed by atoms with Gasteiger partial charge in [0, 0.05) is 19.6 Å². The van der Waals surface area contributed by atoms with Gasteiger partial charge in [-0.05, 0) is 31.5 Å². The average molecular weight is 213 g/mol. The maximum Gasteiger partial charge on any atom is 0.0639 e. The summed E-state index contributed by atoms with van der Waals surface area (Å²) in [5, 5.41) is 0.753. The Morgan fingerprint density at radius 2 is 1.86 bits per heavy atom. The first-order chi connectivity index (χ1) is 6.32. The molecule has 0 saturated heterocycles. The smallest absolute Gasteiger partial charge is 0.0639 e. The van der Waals surface area contributed by atoms with E-state index in [2.05, 4.69) is 0 Å². The van der Waals surface area contributed by atoms with E-state index in [-0.39, 0.29) is 5.54 Å². The van der Waals surface area contributed by atoms with Crippen LogP contribution < -0.4 is 10.6 Å². The van der Waals surface area contributed by atoms with Gasteiger partial charge < -0.3 is 10.6 Å². The Morgan fingerprint density at radius 1 is 1.29 bits per heavy atom. The van der Waals surface area contributed by atoms with Gasteiger partial charge in [0.1, 0.15) is 0 Å². The summed E-state index contributed by atoms with van der Waals surface area (Å²) in [4.78, 5) is 1.98. The summed E-state index contributed by atoms with van der Waals surface area (Å²) in [6.07, 6.45) is 0. The molecule has 3 heteroatoms. The van der Waals surface area contributed by atoms with Crippen molar-refractivity contribution in [3.8, 4) is 0 Å². The fourth-order valence-electron chi connectivity index (χ4n) is 1.26. The largest absolute Gasteiger partial charge is 0.376 e. The van der Waals surface area contributed by atoms with E-state index in [0.717, 1.165) is 16.3 Å². The van der Waals surface area contributed by atoms with Gasteiger partial charge in [-0.3, -0.25) is 0 Å². The zero-order valence-electron chi connectivity index (χ0n) is 9.13. The molecule has 0 aliphatic heterocycles. The SMILES string of the molecule is CN(C)c1cc(C(C)(C)N)ccc1Cl. The van der Waals surface area contributed by atoms with E-state index in [0.29, 0.717) is 0 Å². The highest BCUT2D eigenvalue weighted by molar-refractivity contribution is 6.33. The van der Waals surface area contributed by atoms with Crippen molar-refractivity contribution in [2.24, 2.45) is 5.73 Å². The average Bonchev–Trinajstić information content (AvgIpc) is 2.02. The van der Waals surface area contributed by atoms with Gasteiger partial charge in [0.25, 0.3) is 0 Å². The Kier molecular flexibility index (Phi) is 3.07. The molecule has 0 aliphatic carbocycles. The Bertz CT molecular complexity index is 327. The lowest BCUT2D eigenvalue weighted by Gasteiger charge is -2.22. The zero-order chi connectivity index (χ0) is 10.9. The number of anilines is 1. The second-order valence-electron chi connectivity index (χ2n) is 4.28. The molecule has 2 nitrogen and oxygen atoms in total. The maximum absolute atomic E-state index is 6.06. The minimum Gasteiger partial charge on any atom is -0.376 e. The van der Waals surface area contributed by atoms with Crippen LogP contribution >= 0.6 is 11.6 Å². The lowest BCUT2D eigenvalue weighted by molar-refractivity contribution is 0.554. The summed E-state index contributed by atoms with van der Waals surface area (Å²) in [6, 6.07) is 5.89. The number of nitrogens with two attached hydrogens (primary N) is 1. The second-order valence-corrected chi connectivity index (χ2v) is 4.69. The molecular weight excluding hydrogens is 196 g/mol. The molecule has 0 spiro atoms. The van der Waals surface area contributed by atoms with Crippen LogP contribution in [-0.2, 0) is 5.54 Å². The van der Waals surface area contributed by atoms with Gasteiger partial charge >= 0.3 is 0 Å². The van der Waals surface area contributed by atoms with Gasteiger partial charge in [-0.25, -0.2) is 0 Å². The van der Waals surface area contributed by atoms with Crippen molar-refractivity contribution in [1.29, 1.82) is 0 Å². The van der Waals surface area contributed by atoms with Crippen molar-refractivity contribution in [3.63, 3.8) is 0 Å². The highest BCUT2D eigenvalue weighted by atomic mass is 35.5. The number of halogens is 1. The third kappa shape index (κ3) is 2.40. The van der Waals surface area contributed by atoms with Crippen LogP contribution in [0.4, 0.5) is 5.69 Å². The van der Waals surface area contributed by atoms with E-state index < -0.39 is 0 Å². The molecule has 0 atom stereocenters. The molecular formula is C11H17ClN2. The number of hydrogen-bond donors (Lipinski definition) is 1. The van der Waals surface area contributed by atoms with Crippen molar-refractivity contribution in [1.82, 2.24) is 0 Å². The molecule has 0 fully saturated rings. The monoisotopic (exact) mass is 212 g/mol. The highest BCUT2D eigenvalue weighted by Gasteiger charge is 2.15. The van der Waals surface area contributed by atoms with Crippen molar-refractivity contribution in [2.45, 2.75) is 19.4 Å². The molecule has 14 heavy (non-hydrogen) atoms. The van der Waals surface area contributed by atoms with Crippen LogP contribution in [-0.4, -0.2) is 14.1 Å². The first-order valence-electron chi connectivity index (χ1n) is 4.58. The molecule has 0 bridgehead atoms. The van der Waals surface area contributed by atoms with Crippen LogP contribution in [0.15, 0.2) is 18.2 Å². The maximum atomic E-state index is 6.06. The first-order valence-corrected chi connectivity index (χ1v) is 4.96. The Hall–Kier alpha value is -0.730. The lowest BCUT2D eigenvalue weighted by Crippen LogP contribution is -2.28. The molecule has 1 aromatic carbocycles. The van der Waals surface area contributed by atoms with Crippen LogP contribution in [0, 0.1) is 0 Å². The van der Waals surface area contributed by atoms with Gasteiger partial charge in [0.05, 0.1) is 10.7 Å². The van der Waals surface area contributed by atoms with Crippen LogP contribution in [0.1, 0.15) is 19.4 Å². The Balaban J connectivity index is 3.20. The zero-order valence-corrected chi connectivity index (χ0v) is 9.89. The fraction of sp³-hybridized carbons (Fsp3) is 0.455. The standard InChI is InChI=1S/C11H17ClN2/c1-11(2,13)8-5-6-9(12)10(7-8)14(3)4/h5-7H,13H2,1-4H3. The van der Waals surface area contributed by atoms with Gasteiger partial charge in [-0.1, -0.05) is 17.7 Å². The molecule has 1 rings (SSSR count). The molecule has 0 unspecified atom stereocenters. The first kappa shape index (κ1) is 11.3. The molecule has 78 valence electrons. The quantitative estimate of drug-likeness (QED) is 0.817. The van der Waals surface area contributed by atoms with E-state index in [4.69, 9.17) is 17.3 Å². The van der Waals surface area contributed by atoms with E-state index in [9.17, 15) is 0 Å². The third-order valence-electron chi connectivity index (χ3n) is 2.17. The van der Waals surface area contributed by atoms with E-state index in [1.807, 2.05) is 51.0 Å². The Labute approximate surface area is 90.7 Å². The fourth-order valence-corrected chi connectivity index (χ4v) is 1.54. The molecule has 0 amide bonds. The second kappa shape index (κ2) is 3.79. The van der Waals surface area contributed by atoms with Gasteiger partial charge in [-0.15, -0.1) is 0 Å². The van der Waals surface area contributed by atoms with Crippen LogP contribution in [0.5, 0.6) is 0 Å². The van der Waals surface area contributed by atoms with Gasteiger partial charge in [0.15, 0.2) is 0 Å².